The molecule has 0 aliphatic carbocycles. The van der Waals surface area contributed by atoms with Crippen molar-refractivity contribution in [3.05, 3.63) is 29.7 Å². The van der Waals surface area contributed by atoms with Crippen molar-refractivity contribution in [2.45, 2.75) is 0 Å². The SMILES string of the molecule is CNC(=S)/C(C#N)=C1/Nc2cccnc2N1. The largest absolute Gasteiger partial charge is 0.378 e. The lowest BCUT2D eigenvalue weighted by molar-refractivity contribution is 1.20. The number of nitriles is 1. The van der Waals surface area contributed by atoms with Gasteiger partial charge in [-0.1, -0.05) is 12.2 Å². The number of nitrogens with zero attached hydrogens (tertiary/aromatic N) is 2. The highest BCUT2D eigenvalue weighted by Crippen LogP contribution is 2.28. The standard InChI is InChI=1S/C10H9N5S/c1-12-10(16)6(5-11)8-14-7-3-2-4-13-9(7)15-8/h2-4,14H,1H3,(H,12,16)(H,13,15)/b8-6-. The quantitative estimate of drug-likeness (QED) is 0.383. The first-order chi connectivity index (χ1) is 7.76. The molecule has 1 aromatic heterocycles. The van der Waals surface area contributed by atoms with E-state index in [1.54, 1.807) is 13.2 Å². The van der Waals surface area contributed by atoms with Gasteiger partial charge in [0.2, 0.25) is 0 Å². The number of hydrogen-bond acceptors (Lipinski definition) is 5. The fraction of sp³-hybridized carbons (Fsp3) is 0.100. The molecule has 1 aromatic rings. The first-order valence-electron chi connectivity index (χ1n) is 4.61. The maximum absolute atomic E-state index is 9.03. The van der Waals surface area contributed by atoms with Crippen LogP contribution in [0.25, 0.3) is 0 Å². The molecule has 0 saturated carbocycles. The van der Waals surface area contributed by atoms with Gasteiger partial charge in [-0.05, 0) is 12.1 Å². The summed E-state index contributed by atoms with van der Waals surface area (Å²) in [4.78, 5) is 4.52. The van der Waals surface area contributed by atoms with E-state index in [0.717, 1.165) is 5.69 Å². The summed E-state index contributed by atoms with van der Waals surface area (Å²) in [5, 5.41) is 17.9. The van der Waals surface area contributed by atoms with E-state index in [0.29, 0.717) is 22.2 Å². The van der Waals surface area contributed by atoms with Crippen molar-refractivity contribution in [2.24, 2.45) is 0 Å². The lowest BCUT2D eigenvalue weighted by Gasteiger charge is -2.05. The zero-order chi connectivity index (χ0) is 11.5. The predicted octanol–water partition coefficient (Wildman–Crippen LogP) is 1.20. The molecule has 0 bridgehead atoms. The number of pyridine rings is 1. The van der Waals surface area contributed by atoms with Crippen LogP contribution >= 0.6 is 12.2 Å². The second kappa shape index (κ2) is 4.16. The molecule has 0 unspecified atom stereocenters. The summed E-state index contributed by atoms with van der Waals surface area (Å²) in [6.07, 6.45) is 1.68. The highest BCUT2D eigenvalue weighted by molar-refractivity contribution is 7.80. The third-order valence-electron chi connectivity index (χ3n) is 2.13. The lowest BCUT2D eigenvalue weighted by atomic mass is 10.3. The highest BCUT2D eigenvalue weighted by atomic mass is 32.1. The lowest BCUT2D eigenvalue weighted by Crippen LogP contribution is -2.21. The van der Waals surface area contributed by atoms with Crippen LogP contribution in [0.3, 0.4) is 0 Å². The third-order valence-corrected chi connectivity index (χ3v) is 2.53. The van der Waals surface area contributed by atoms with E-state index in [2.05, 4.69) is 27.0 Å². The molecular formula is C10H9N5S. The van der Waals surface area contributed by atoms with Gasteiger partial charge in [0.25, 0.3) is 0 Å². The van der Waals surface area contributed by atoms with Gasteiger partial charge in [0.1, 0.15) is 22.5 Å². The average molecular weight is 231 g/mol. The minimum absolute atomic E-state index is 0.371. The van der Waals surface area contributed by atoms with Gasteiger partial charge in [0.15, 0.2) is 5.82 Å². The fourth-order valence-electron chi connectivity index (χ4n) is 1.36. The smallest absolute Gasteiger partial charge is 0.155 e. The van der Waals surface area contributed by atoms with Gasteiger partial charge in [0.05, 0.1) is 5.69 Å². The number of likely N-dealkylation sites (N-methyl/N-ethyl adjacent to an activating group) is 1. The molecule has 16 heavy (non-hydrogen) atoms. The molecule has 0 atom stereocenters. The van der Waals surface area contributed by atoms with E-state index in [1.807, 2.05) is 12.1 Å². The van der Waals surface area contributed by atoms with E-state index in [1.165, 1.54) is 0 Å². The zero-order valence-corrected chi connectivity index (χ0v) is 9.35. The summed E-state index contributed by atoms with van der Waals surface area (Å²) >= 11 is 5.03. The van der Waals surface area contributed by atoms with Crippen LogP contribution < -0.4 is 16.0 Å². The minimum Gasteiger partial charge on any atom is -0.378 e. The van der Waals surface area contributed by atoms with E-state index in [4.69, 9.17) is 17.5 Å². The molecular weight excluding hydrogens is 222 g/mol. The molecule has 0 fully saturated rings. The molecule has 0 spiro atoms. The van der Waals surface area contributed by atoms with Crippen LogP contribution in [0, 0.1) is 11.3 Å². The van der Waals surface area contributed by atoms with Crippen LogP contribution in [0.1, 0.15) is 0 Å². The van der Waals surface area contributed by atoms with Crippen LogP contribution in [0.2, 0.25) is 0 Å². The summed E-state index contributed by atoms with van der Waals surface area (Å²) < 4.78 is 0. The molecule has 80 valence electrons. The number of anilines is 2. The van der Waals surface area contributed by atoms with Gasteiger partial charge in [-0.25, -0.2) is 4.98 Å². The molecule has 6 heteroatoms. The fourth-order valence-corrected chi connectivity index (χ4v) is 1.51. The Balaban J connectivity index is 2.38. The highest BCUT2D eigenvalue weighted by Gasteiger charge is 2.19. The van der Waals surface area contributed by atoms with Crippen molar-refractivity contribution >= 4 is 28.7 Å². The maximum Gasteiger partial charge on any atom is 0.155 e. The number of nitrogens with one attached hydrogen (secondary N) is 3. The van der Waals surface area contributed by atoms with Crippen LogP contribution in [0.15, 0.2) is 29.7 Å². The monoisotopic (exact) mass is 231 g/mol. The summed E-state index contributed by atoms with van der Waals surface area (Å²) in [7, 11) is 1.68. The number of aromatic nitrogens is 1. The van der Waals surface area contributed by atoms with Gasteiger partial charge in [-0.3, -0.25) is 0 Å². The summed E-state index contributed by atoms with van der Waals surface area (Å²) in [6.45, 7) is 0. The topological polar surface area (TPSA) is 72.8 Å². The van der Waals surface area contributed by atoms with Crippen LogP contribution in [0.5, 0.6) is 0 Å². The van der Waals surface area contributed by atoms with Crippen LogP contribution in [-0.4, -0.2) is 17.0 Å². The minimum atomic E-state index is 0.371. The molecule has 5 nitrogen and oxygen atoms in total. The van der Waals surface area contributed by atoms with Crippen LogP contribution in [-0.2, 0) is 0 Å². The second-order valence-electron chi connectivity index (χ2n) is 3.09. The Morgan fingerprint density at radius 3 is 3.00 bits per heavy atom. The van der Waals surface area contributed by atoms with Gasteiger partial charge >= 0.3 is 0 Å². The first kappa shape index (κ1) is 10.4. The molecule has 3 N–H and O–H groups in total. The van der Waals surface area contributed by atoms with E-state index >= 15 is 0 Å². The Kier molecular flexibility index (Phi) is 2.70. The second-order valence-corrected chi connectivity index (χ2v) is 3.50. The molecule has 1 aliphatic rings. The summed E-state index contributed by atoms with van der Waals surface area (Å²) in [5.41, 5.74) is 1.21. The molecule has 2 heterocycles. The van der Waals surface area contributed by atoms with Crippen molar-refractivity contribution in [1.82, 2.24) is 10.3 Å². The summed E-state index contributed by atoms with van der Waals surface area (Å²) in [6, 6.07) is 5.75. The molecule has 0 saturated heterocycles. The van der Waals surface area contributed by atoms with Crippen molar-refractivity contribution < 1.29 is 0 Å². The Morgan fingerprint density at radius 1 is 1.56 bits per heavy atom. The maximum atomic E-state index is 9.03. The molecule has 1 aliphatic heterocycles. The molecule has 0 aromatic carbocycles. The molecule has 0 amide bonds. The Hall–Kier alpha value is -2.13. The molecule has 2 rings (SSSR count). The first-order valence-corrected chi connectivity index (χ1v) is 5.02. The normalized spacial score (nSPS) is 15.2. The number of thiocarbonyl (C=S) groups is 1. The Labute approximate surface area is 98.2 Å². The van der Waals surface area contributed by atoms with E-state index < -0.39 is 0 Å². The third kappa shape index (κ3) is 1.68. The van der Waals surface area contributed by atoms with Gasteiger partial charge in [-0.2, -0.15) is 5.26 Å². The summed E-state index contributed by atoms with van der Waals surface area (Å²) in [5.74, 6) is 1.26. The molecule has 0 radical (unpaired) electrons. The zero-order valence-electron chi connectivity index (χ0n) is 8.53. The number of hydrogen-bond donors (Lipinski definition) is 3. The van der Waals surface area contributed by atoms with E-state index in [9.17, 15) is 0 Å². The van der Waals surface area contributed by atoms with Gasteiger partial charge in [0, 0.05) is 13.2 Å². The van der Waals surface area contributed by atoms with Gasteiger partial charge < -0.3 is 16.0 Å². The Bertz CT molecular complexity index is 487. The number of rotatable bonds is 1. The van der Waals surface area contributed by atoms with Crippen molar-refractivity contribution in [3.8, 4) is 6.07 Å². The van der Waals surface area contributed by atoms with Crippen molar-refractivity contribution in [1.29, 1.82) is 5.26 Å². The van der Waals surface area contributed by atoms with E-state index in [-0.39, 0.29) is 0 Å². The average Bonchev–Trinajstić information content (AvgIpc) is 2.72. The van der Waals surface area contributed by atoms with Gasteiger partial charge in [-0.15, -0.1) is 0 Å². The predicted molar refractivity (Wildman–Crippen MR) is 65.8 cm³/mol. The van der Waals surface area contributed by atoms with Crippen molar-refractivity contribution in [2.75, 3.05) is 17.7 Å². The van der Waals surface area contributed by atoms with Crippen LogP contribution in [0.4, 0.5) is 11.5 Å². The number of fused-ring (bicyclic) bond motifs is 1. The van der Waals surface area contributed by atoms with Crippen molar-refractivity contribution in [3.63, 3.8) is 0 Å². The Morgan fingerprint density at radius 2 is 2.38 bits per heavy atom.